The average molecular weight is 552 g/mol. The largest absolute Gasteiger partial charge is 0.439 e. The lowest BCUT2D eigenvalue weighted by molar-refractivity contribution is 0.0821. The Labute approximate surface area is 231 Å². The van der Waals surface area contributed by atoms with Gasteiger partial charge in [-0.15, -0.1) is 0 Å². The molecule has 11 heteroatoms. The highest BCUT2D eigenvalue weighted by atomic mass is 35.5. The van der Waals surface area contributed by atoms with E-state index in [1.165, 1.54) is 25.7 Å². The van der Waals surface area contributed by atoms with Crippen LogP contribution < -0.4 is 10.7 Å². The molecule has 0 aromatic carbocycles. The number of methoxy groups -OCH3 is 1. The Kier molecular flexibility index (Phi) is 7.16. The predicted molar refractivity (Wildman–Crippen MR) is 150 cm³/mol. The first-order valence-corrected chi connectivity index (χ1v) is 14.2. The summed E-state index contributed by atoms with van der Waals surface area (Å²) in [7, 11) is 1.78. The van der Waals surface area contributed by atoms with Crippen LogP contribution in [0.25, 0.3) is 33.8 Å². The van der Waals surface area contributed by atoms with Crippen LogP contribution in [0.1, 0.15) is 52.4 Å². The van der Waals surface area contributed by atoms with Gasteiger partial charge in [-0.3, -0.25) is 14.5 Å². The summed E-state index contributed by atoms with van der Waals surface area (Å²) in [6.07, 6.45) is 10.4. The van der Waals surface area contributed by atoms with E-state index in [0.29, 0.717) is 28.4 Å². The first-order chi connectivity index (χ1) is 18.9. The summed E-state index contributed by atoms with van der Waals surface area (Å²) in [6, 6.07) is 4.04. The van der Waals surface area contributed by atoms with Gasteiger partial charge in [0.25, 0.3) is 0 Å². The van der Waals surface area contributed by atoms with E-state index in [-0.39, 0.29) is 11.9 Å². The van der Waals surface area contributed by atoms with Gasteiger partial charge in [0.15, 0.2) is 0 Å². The lowest BCUT2D eigenvalue weighted by Gasteiger charge is -2.38. The number of hydrogen-bond acceptors (Lipinski definition) is 8. The number of aromatic nitrogens is 6. The number of rotatable bonds is 6. The number of imidazole rings is 1. The number of hydrogen-bond donors (Lipinski definition) is 1. The number of nitrogens with zero attached hydrogens (tertiary/aromatic N) is 6. The summed E-state index contributed by atoms with van der Waals surface area (Å²) in [5.74, 6) is 1.85. The van der Waals surface area contributed by atoms with Gasteiger partial charge < -0.3 is 14.2 Å². The molecule has 2 aliphatic rings. The highest BCUT2D eigenvalue weighted by Crippen LogP contribution is 2.38. The van der Waals surface area contributed by atoms with Crippen LogP contribution in [0.3, 0.4) is 0 Å². The summed E-state index contributed by atoms with van der Waals surface area (Å²) in [5.41, 5.74) is 3.62. The monoisotopic (exact) mass is 551 g/mol. The topological polar surface area (TPSA) is 115 Å². The van der Waals surface area contributed by atoms with Crippen LogP contribution in [0.5, 0.6) is 0 Å². The molecule has 1 aliphatic heterocycles. The maximum absolute atomic E-state index is 11.8. The third-order valence-corrected chi connectivity index (χ3v) is 8.58. The van der Waals surface area contributed by atoms with Gasteiger partial charge in [0.1, 0.15) is 5.69 Å². The Morgan fingerprint density at radius 3 is 2.64 bits per heavy atom. The lowest BCUT2D eigenvalue weighted by atomic mass is 9.83. The summed E-state index contributed by atoms with van der Waals surface area (Å²) in [5, 5.41) is 4.41. The quantitative estimate of drug-likeness (QED) is 0.342. The van der Waals surface area contributed by atoms with E-state index in [4.69, 9.17) is 30.8 Å². The van der Waals surface area contributed by atoms with Crippen molar-refractivity contribution >= 4 is 28.6 Å². The zero-order valence-electron chi connectivity index (χ0n) is 22.6. The molecule has 1 aliphatic carbocycles. The zero-order valence-corrected chi connectivity index (χ0v) is 23.3. The maximum atomic E-state index is 11.8. The van der Waals surface area contributed by atoms with Crippen molar-refractivity contribution in [2.75, 3.05) is 18.6 Å². The Hall–Kier alpha value is -3.24. The molecule has 1 saturated carbocycles. The molecule has 10 nitrogen and oxygen atoms in total. The van der Waals surface area contributed by atoms with Crippen molar-refractivity contribution in [3.8, 4) is 22.8 Å². The number of pyridine rings is 2. The van der Waals surface area contributed by atoms with Crippen LogP contribution in [0.15, 0.2) is 33.8 Å². The molecule has 39 heavy (non-hydrogen) atoms. The second-order valence-electron chi connectivity index (χ2n) is 11.1. The number of aromatic amines is 1. The minimum absolute atomic E-state index is 0.149. The van der Waals surface area contributed by atoms with Gasteiger partial charge in [-0.1, -0.05) is 36.5 Å². The molecule has 0 bridgehead atoms. The SMILES string of the molecule is COC1CC[C@H](C)N(c2nc3cc(-c4noc(=O)[nH]4)nc(-c4cncc(Cl)c4)c3n2CC2CCC(C)CC2)C1. The van der Waals surface area contributed by atoms with Crippen LogP contribution in [0, 0.1) is 11.8 Å². The minimum Gasteiger partial charge on any atom is -0.380 e. The molecule has 2 fully saturated rings. The van der Waals surface area contributed by atoms with Crippen LogP contribution in [0.4, 0.5) is 5.95 Å². The summed E-state index contributed by atoms with van der Waals surface area (Å²) in [4.78, 5) is 31.3. The maximum Gasteiger partial charge on any atom is 0.439 e. The Morgan fingerprint density at radius 1 is 1.10 bits per heavy atom. The average Bonchev–Trinajstić information content (AvgIpc) is 3.53. The van der Waals surface area contributed by atoms with Crippen LogP contribution in [-0.4, -0.2) is 55.5 Å². The number of nitrogens with one attached hydrogen (secondary N) is 1. The molecule has 206 valence electrons. The number of halogens is 1. The second-order valence-corrected chi connectivity index (χ2v) is 11.6. The molecule has 2 atom stereocenters. The molecule has 0 amide bonds. The smallest absolute Gasteiger partial charge is 0.380 e. The molecule has 0 radical (unpaired) electrons. The van der Waals surface area contributed by atoms with Gasteiger partial charge in [0.05, 0.1) is 27.9 Å². The van der Waals surface area contributed by atoms with E-state index in [1.807, 2.05) is 12.1 Å². The Bertz CT molecular complexity index is 1520. The van der Waals surface area contributed by atoms with Crippen molar-refractivity contribution in [3.05, 3.63) is 40.1 Å². The molecule has 4 aromatic rings. The van der Waals surface area contributed by atoms with Gasteiger partial charge in [-0.05, 0) is 56.6 Å². The van der Waals surface area contributed by atoms with E-state index < -0.39 is 5.76 Å². The lowest BCUT2D eigenvalue weighted by Crippen LogP contribution is -2.46. The molecule has 6 rings (SSSR count). The van der Waals surface area contributed by atoms with Crippen molar-refractivity contribution in [2.45, 2.75) is 71.1 Å². The Balaban J connectivity index is 1.57. The van der Waals surface area contributed by atoms with Crippen molar-refractivity contribution in [3.63, 3.8) is 0 Å². The number of anilines is 1. The van der Waals surface area contributed by atoms with E-state index in [0.717, 1.165) is 54.4 Å². The third-order valence-electron chi connectivity index (χ3n) is 8.37. The van der Waals surface area contributed by atoms with Gasteiger partial charge in [0, 0.05) is 44.2 Å². The molecular formula is C28H34ClN7O3. The zero-order chi connectivity index (χ0) is 27.1. The first-order valence-electron chi connectivity index (χ1n) is 13.8. The van der Waals surface area contributed by atoms with Crippen molar-refractivity contribution in [1.29, 1.82) is 0 Å². The molecule has 1 N–H and O–H groups in total. The fourth-order valence-electron chi connectivity index (χ4n) is 6.06. The number of piperidine rings is 1. The fourth-order valence-corrected chi connectivity index (χ4v) is 6.23. The van der Waals surface area contributed by atoms with E-state index in [9.17, 15) is 4.79 Å². The van der Waals surface area contributed by atoms with Gasteiger partial charge in [-0.2, -0.15) is 0 Å². The van der Waals surface area contributed by atoms with Crippen molar-refractivity contribution < 1.29 is 9.26 Å². The number of fused-ring (bicyclic) bond motifs is 1. The Morgan fingerprint density at radius 2 is 1.92 bits per heavy atom. The van der Waals surface area contributed by atoms with Crippen LogP contribution >= 0.6 is 11.6 Å². The van der Waals surface area contributed by atoms with Crippen LogP contribution in [-0.2, 0) is 11.3 Å². The second kappa shape index (κ2) is 10.7. The number of ether oxygens (including phenoxy) is 1. The van der Waals surface area contributed by atoms with E-state index in [2.05, 4.69) is 38.4 Å². The summed E-state index contributed by atoms with van der Waals surface area (Å²) < 4.78 is 12.9. The fraction of sp³-hybridized carbons (Fsp3) is 0.536. The van der Waals surface area contributed by atoms with Gasteiger partial charge in [0.2, 0.25) is 11.8 Å². The number of H-pyrrole nitrogens is 1. The van der Waals surface area contributed by atoms with Crippen LogP contribution in [0.2, 0.25) is 5.02 Å². The third kappa shape index (κ3) is 5.19. The molecular weight excluding hydrogens is 518 g/mol. The van der Waals surface area contributed by atoms with Gasteiger partial charge >= 0.3 is 5.76 Å². The van der Waals surface area contributed by atoms with E-state index >= 15 is 0 Å². The van der Waals surface area contributed by atoms with E-state index in [1.54, 1.807) is 19.5 Å². The van der Waals surface area contributed by atoms with Gasteiger partial charge in [-0.25, -0.2) is 14.8 Å². The first kappa shape index (κ1) is 26.0. The molecule has 4 aromatic heterocycles. The van der Waals surface area contributed by atoms with Crippen molar-refractivity contribution in [2.24, 2.45) is 11.8 Å². The normalized spacial score (nSPS) is 23.9. The molecule has 0 spiro atoms. The molecule has 1 unspecified atom stereocenters. The molecule has 1 saturated heterocycles. The molecule has 5 heterocycles. The summed E-state index contributed by atoms with van der Waals surface area (Å²) >= 11 is 6.38. The highest BCUT2D eigenvalue weighted by molar-refractivity contribution is 6.30. The minimum atomic E-state index is -0.636. The van der Waals surface area contributed by atoms with Crippen molar-refractivity contribution in [1.82, 2.24) is 29.7 Å². The standard InChI is InChI=1S/C28H34ClN7O3/c1-16-4-7-18(8-5-16)14-36-25-22(32-27(36)35-15-21(38-3)9-6-17(35)2)11-23(26-33-28(37)39-34-26)31-24(25)19-10-20(29)13-30-12-19/h10-13,16-18,21H,4-9,14-15H2,1-3H3,(H,33,34,37)/t16?,17-,18?,21?/m0/s1. The predicted octanol–water partition coefficient (Wildman–Crippen LogP) is 5.32. The highest BCUT2D eigenvalue weighted by Gasteiger charge is 2.32. The summed E-state index contributed by atoms with van der Waals surface area (Å²) in [6.45, 7) is 6.22.